The van der Waals surface area contributed by atoms with E-state index in [9.17, 15) is 22.8 Å². The number of nitrogens with zero attached hydrogens (tertiary/aromatic N) is 3. The smallest absolute Gasteiger partial charge is 0.417 e. The lowest BCUT2D eigenvalue weighted by molar-refractivity contribution is -0.137. The molecule has 0 bridgehead atoms. The second kappa shape index (κ2) is 8.60. The van der Waals surface area contributed by atoms with Gasteiger partial charge in [0.25, 0.3) is 5.91 Å². The number of carbonyl (C=O) groups is 2. The first kappa shape index (κ1) is 20.8. The standard InChI is InChI=1S/C17H15ClF3N5O3/c18-11-7-10(17(19,20)21)8-24-15(11)29-6-5-22-14(28)12-3-4-23-16(25-12)26-13(27)9-1-2-9/h3-4,7-9H,1-2,5-6H2,(H,22,28)(H,23,25,26,27). The number of anilines is 1. The van der Waals surface area contributed by atoms with Crippen LogP contribution < -0.4 is 15.4 Å². The molecule has 0 atom stereocenters. The number of aromatic nitrogens is 3. The Labute approximate surface area is 167 Å². The minimum atomic E-state index is -4.56. The van der Waals surface area contributed by atoms with Crippen LogP contribution in [0.2, 0.25) is 5.02 Å². The van der Waals surface area contributed by atoms with Gasteiger partial charge in [-0.15, -0.1) is 0 Å². The molecule has 0 unspecified atom stereocenters. The molecule has 0 spiro atoms. The molecule has 3 rings (SSSR count). The topological polar surface area (TPSA) is 106 Å². The van der Waals surface area contributed by atoms with E-state index in [0.717, 1.165) is 12.8 Å². The Balaban J connectivity index is 1.48. The van der Waals surface area contributed by atoms with E-state index in [1.54, 1.807) is 0 Å². The molecule has 8 nitrogen and oxygen atoms in total. The number of carbonyl (C=O) groups excluding carboxylic acids is 2. The number of pyridine rings is 1. The van der Waals surface area contributed by atoms with Gasteiger partial charge >= 0.3 is 6.18 Å². The van der Waals surface area contributed by atoms with Gasteiger partial charge in [-0.25, -0.2) is 15.0 Å². The number of halogens is 4. The van der Waals surface area contributed by atoms with Crippen LogP contribution in [-0.2, 0) is 11.0 Å². The third-order valence-electron chi connectivity index (χ3n) is 3.83. The van der Waals surface area contributed by atoms with Crippen LogP contribution >= 0.6 is 11.6 Å². The molecular weight excluding hydrogens is 415 g/mol. The summed E-state index contributed by atoms with van der Waals surface area (Å²) in [6.45, 7) is -0.0637. The summed E-state index contributed by atoms with van der Waals surface area (Å²) in [7, 11) is 0. The van der Waals surface area contributed by atoms with Crippen LogP contribution in [0.4, 0.5) is 19.1 Å². The lowest BCUT2D eigenvalue weighted by Crippen LogP contribution is -2.29. The van der Waals surface area contributed by atoms with Gasteiger partial charge in [0, 0.05) is 18.3 Å². The van der Waals surface area contributed by atoms with Gasteiger partial charge in [0.05, 0.1) is 12.1 Å². The Morgan fingerprint density at radius 3 is 2.69 bits per heavy atom. The van der Waals surface area contributed by atoms with Crippen molar-refractivity contribution >= 4 is 29.4 Å². The average Bonchev–Trinajstić information content (AvgIpc) is 3.51. The van der Waals surface area contributed by atoms with Crippen LogP contribution in [0.15, 0.2) is 24.5 Å². The van der Waals surface area contributed by atoms with Crippen molar-refractivity contribution in [2.75, 3.05) is 18.5 Å². The fourth-order valence-electron chi connectivity index (χ4n) is 2.19. The Morgan fingerprint density at radius 2 is 2.03 bits per heavy atom. The van der Waals surface area contributed by atoms with Crippen molar-refractivity contribution in [3.8, 4) is 5.88 Å². The van der Waals surface area contributed by atoms with Gasteiger partial charge in [-0.3, -0.25) is 14.9 Å². The second-order valence-electron chi connectivity index (χ2n) is 6.14. The van der Waals surface area contributed by atoms with Gasteiger partial charge in [-0.1, -0.05) is 11.6 Å². The SMILES string of the molecule is O=C(NCCOc1ncc(C(F)(F)F)cc1Cl)c1ccnc(NC(=O)C2CC2)n1. The number of alkyl halides is 3. The molecule has 0 saturated heterocycles. The number of nitrogens with one attached hydrogen (secondary N) is 2. The predicted molar refractivity (Wildman–Crippen MR) is 95.5 cm³/mol. The van der Waals surface area contributed by atoms with E-state index < -0.39 is 17.6 Å². The summed E-state index contributed by atoms with van der Waals surface area (Å²) in [6.07, 6.45) is -0.962. The lowest BCUT2D eigenvalue weighted by Gasteiger charge is -2.11. The maximum Gasteiger partial charge on any atom is 0.417 e. The molecule has 0 radical (unpaired) electrons. The van der Waals surface area contributed by atoms with E-state index in [1.807, 2.05) is 0 Å². The molecule has 2 amide bonds. The molecule has 1 aliphatic carbocycles. The average molecular weight is 430 g/mol. The van der Waals surface area contributed by atoms with Crippen molar-refractivity contribution in [1.29, 1.82) is 0 Å². The maximum absolute atomic E-state index is 12.6. The monoisotopic (exact) mass is 429 g/mol. The molecule has 154 valence electrons. The van der Waals surface area contributed by atoms with E-state index in [4.69, 9.17) is 16.3 Å². The number of ether oxygens (including phenoxy) is 1. The fourth-order valence-corrected chi connectivity index (χ4v) is 2.41. The minimum absolute atomic E-state index is 0.0195. The number of amides is 2. The Kier molecular flexibility index (Phi) is 6.16. The quantitative estimate of drug-likeness (QED) is 0.655. The third-order valence-corrected chi connectivity index (χ3v) is 4.10. The maximum atomic E-state index is 12.6. The Hall–Kier alpha value is -2.95. The van der Waals surface area contributed by atoms with Gasteiger partial charge in [-0.05, 0) is 25.0 Å². The molecule has 2 aromatic rings. The Bertz CT molecular complexity index is 921. The van der Waals surface area contributed by atoms with Crippen LogP contribution in [-0.4, -0.2) is 39.9 Å². The summed E-state index contributed by atoms with van der Waals surface area (Å²) in [6, 6.07) is 2.08. The first-order valence-corrected chi connectivity index (χ1v) is 8.89. The van der Waals surface area contributed by atoms with E-state index in [-0.39, 0.29) is 47.5 Å². The molecule has 29 heavy (non-hydrogen) atoms. The zero-order valence-electron chi connectivity index (χ0n) is 14.8. The minimum Gasteiger partial charge on any atom is -0.475 e. The highest BCUT2D eigenvalue weighted by Crippen LogP contribution is 2.33. The number of hydrogen-bond acceptors (Lipinski definition) is 6. The van der Waals surface area contributed by atoms with E-state index in [1.165, 1.54) is 12.3 Å². The number of rotatable bonds is 7. The van der Waals surface area contributed by atoms with E-state index >= 15 is 0 Å². The van der Waals surface area contributed by atoms with E-state index in [0.29, 0.717) is 12.3 Å². The molecule has 0 aliphatic heterocycles. The normalized spacial score (nSPS) is 13.7. The molecule has 2 heterocycles. The van der Waals surface area contributed by atoms with Gasteiger partial charge in [0.1, 0.15) is 17.3 Å². The van der Waals surface area contributed by atoms with Crippen molar-refractivity contribution in [2.24, 2.45) is 5.92 Å². The summed E-state index contributed by atoms with van der Waals surface area (Å²) in [5.74, 6) is -0.896. The summed E-state index contributed by atoms with van der Waals surface area (Å²) in [5.41, 5.74) is -0.951. The molecule has 0 aromatic carbocycles. The molecular formula is C17H15ClF3N5O3. The third kappa shape index (κ3) is 5.76. The lowest BCUT2D eigenvalue weighted by atomic mass is 10.3. The number of hydrogen-bond donors (Lipinski definition) is 2. The van der Waals surface area contributed by atoms with Gasteiger partial charge < -0.3 is 10.1 Å². The van der Waals surface area contributed by atoms with E-state index in [2.05, 4.69) is 25.6 Å². The molecule has 2 N–H and O–H groups in total. The molecule has 2 aromatic heterocycles. The second-order valence-corrected chi connectivity index (χ2v) is 6.55. The van der Waals surface area contributed by atoms with Crippen molar-refractivity contribution in [1.82, 2.24) is 20.3 Å². The largest absolute Gasteiger partial charge is 0.475 e. The van der Waals surface area contributed by atoms with Crippen LogP contribution in [0, 0.1) is 5.92 Å². The van der Waals surface area contributed by atoms with Gasteiger partial charge in [0.2, 0.25) is 17.7 Å². The highest BCUT2D eigenvalue weighted by atomic mass is 35.5. The van der Waals surface area contributed by atoms with Crippen LogP contribution in [0.25, 0.3) is 0 Å². The molecule has 12 heteroatoms. The highest BCUT2D eigenvalue weighted by Gasteiger charge is 2.32. The molecule has 1 saturated carbocycles. The van der Waals surface area contributed by atoms with Crippen LogP contribution in [0.3, 0.4) is 0 Å². The molecule has 1 aliphatic rings. The zero-order valence-corrected chi connectivity index (χ0v) is 15.5. The van der Waals surface area contributed by atoms with Gasteiger partial charge in [0.15, 0.2) is 0 Å². The zero-order chi connectivity index (χ0) is 21.0. The van der Waals surface area contributed by atoms with Crippen LogP contribution in [0.1, 0.15) is 28.9 Å². The highest BCUT2D eigenvalue weighted by molar-refractivity contribution is 6.31. The first-order valence-electron chi connectivity index (χ1n) is 8.51. The molecule has 1 fully saturated rings. The Morgan fingerprint density at radius 1 is 1.28 bits per heavy atom. The van der Waals surface area contributed by atoms with Gasteiger partial charge in [-0.2, -0.15) is 13.2 Å². The summed E-state index contributed by atoms with van der Waals surface area (Å²) in [4.78, 5) is 35.2. The predicted octanol–water partition coefficient (Wildman–Crippen LogP) is 2.70. The summed E-state index contributed by atoms with van der Waals surface area (Å²) < 4.78 is 42.9. The fraction of sp³-hybridized carbons (Fsp3) is 0.353. The first-order chi connectivity index (χ1) is 13.7. The van der Waals surface area contributed by atoms with Crippen molar-refractivity contribution in [2.45, 2.75) is 19.0 Å². The van der Waals surface area contributed by atoms with Crippen LogP contribution in [0.5, 0.6) is 5.88 Å². The van der Waals surface area contributed by atoms with Crippen molar-refractivity contribution in [3.05, 3.63) is 40.8 Å². The summed E-state index contributed by atoms with van der Waals surface area (Å²) >= 11 is 5.73. The van der Waals surface area contributed by atoms with Crippen molar-refractivity contribution < 1.29 is 27.5 Å². The summed E-state index contributed by atoms with van der Waals surface area (Å²) in [5, 5.41) is 4.77. The van der Waals surface area contributed by atoms with Crippen molar-refractivity contribution in [3.63, 3.8) is 0 Å².